The fourth-order valence-corrected chi connectivity index (χ4v) is 2.22. The van der Waals surface area contributed by atoms with E-state index in [9.17, 15) is 5.11 Å². The summed E-state index contributed by atoms with van der Waals surface area (Å²) < 4.78 is 5.19. The fraction of sp³-hybridized carbons (Fsp3) is 0.600. The standard InChI is InChI=1S/C15H24O2/c1-12(2)11-15(3,16)9-8-13-6-5-7-14(10-13)17-4/h5-7,10,12,16H,8-9,11H2,1-4H3. The molecule has 2 heteroatoms. The van der Waals surface area contributed by atoms with Crippen molar-refractivity contribution in [3.63, 3.8) is 0 Å². The highest BCUT2D eigenvalue weighted by atomic mass is 16.5. The SMILES string of the molecule is COc1cccc(CCC(C)(O)CC(C)C)c1. The zero-order chi connectivity index (χ0) is 12.9. The van der Waals surface area contributed by atoms with E-state index in [1.54, 1.807) is 7.11 Å². The van der Waals surface area contributed by atoms with Crippen LogP contribution < -0.4 is 4.74 Å². The molecule has 1 N–H and O–H groups in total. The summed E-state index contributed by atoms with van der Waals surface area (Å²) >= 11 is 0. The van der Waals surface area contributed by atoms with Gasteiger partial charge in [-0.2, -0.15) is 0 Å². The predicted octanol–water partition coefficient (Wildman–Crippen LogP) is 3.42. The summed E-state index contributed by atoms with van der Waals surface area (Å²) in [5.74, 6) is 1.40. The molecular formula is C15H24O2. The number of aliphatic hydroxyl groups is 1. The molecule has 17 heavy (non-hydrogen) atoms. The molecule has 0 aliphatic carbocycles. The summed E-state index contributed by atoms with van der Waals surface area (Å²) in [6.45, 7) is 6.20. The van der Waals surface area contributed by atoms with E-state index in [2.05, 4.69) is 19.9 Å². The third kappa shape index (κ3) is 5.22. The Bertz CT molecular complexity index is 343. The van der Waals surface area contributed by atoms with E-state index in [0.29, 0.717) is 5.92 Å². The molecule has 1 aromatic carbocycles. The number of aryl methyl sites for hydroxylation is 1. The highest BCUT2D eigenvalue weighted by Crippen LogP contribution is 2.23. The monoisotopic (exact) mass is 236 g/mol. The average molecular weight is 236 g/mol. The summed E-state index contributed by atoms with van der Waals surface area (Å²) in [7, 11) is 1.67. The van der Waals surface area contributed by atoms with Crippen LogP contribution in [0, 0.1) is 5.92 Å². The molecule has 0 amide bonds. The molecular weight excluding hydrogens is 212 g/mol. The van der Waals surface area contributed by atoms with Crippen molar-refractivity contribution in [3.8, 4) is 5.75 Å². The maximum absolute atomic E-state index is 10.2. The number of rotatable bonds is 6. The molecule has 0 aliphatic rings. The minimum absolute atomic E-state index is 0.523. The van der Waals surface area contributed by atoms with Crippen LogP contribution in [0.3, 0.4) is 0 Å². The van der Waals surface area contributed by atoms with Crippen LogP contribution in [0.4, 0.5) is 0 Å². The lowest BCUT2D eigenvalue weighted by Gasteiger charge is -2.25. The third-order valence-electron chi connectivity index (χ3n) is 2.93. The number of hydrogen-bond acceptors (Lipinski definition) is 2. The first-order valence-corrected chi connectivity index (χ1v) is 6.28. The van der Waals surface area contributed by atoms with Gasteiger partial charge < -0.3 is 9.84 Å². The van der Waals surface area contributed by atoms with E-state index in [-0.39, 0.29) is 0 Å². The molecule has 1 atom stereocenters. The molecule has 0 saturated carbocycles. The smallest absolute Gasteiger partial charge is 0.119 e. The number of methoxy groups -OCH3 is 1. The first kappa shape index (κ1) is 14.0. The van der Waals surface area contributed by atoms with E-state index in [1.807, 2.05) is 25.1 Å². The number of benzene rings is 1. The van der Waals surface area contributed by atoms with Gasteiger partial charge in [0.25, 0.3) is 0 Å². The third-order valence-corrected chi connectivity index (χ3v) is 2.93. The van der Waals surface area contributed by atoms with Crippen molar-refractivity contribution < 1.29 is 9.84 Å². The Labute approximate surface area is 105 Å². The van der Waals surface area contributed by atoms with Gasteiger partial charge in [-0.15, -0.1) is 0 Å². The molecule has 0 aliphatic heterocycles. The predicted molar refractivity (Wildman–Crippen MR) is 71.4 cm³/mol. The number of ether oxygens (including phenoxy) is 1. The molecule has 0 heterocycles. The van der Waals surface area contributed by atoms with Crippen molar-refractivity contribution in [2.75, 3.05) is 7.11 Å². The van der Waals surface area contributed by atoms with Gasteiger partial charge in [0, 0.05) is 0 Å². The molecule has 96 valence electrons. The summed E-state index contributed by atoms with van der Waals surface area (Å²) in [5, 5.41) is 10.2. The second kappa shape index (κ2) is 6.06. The summed E-state index contributed by atoms with van der Waals surface area (Å²) in [5.41, 5.74) is 0.644. The van der Waals surface area contributed by atoms with Gasteiger partial charge in [-0.25, -0.2) is 0 Å². The maximum atomic E-state index is 10.2. The Kier molecular flexibility index (Phi) is 5.01. The second-order valence-corrected chi connectivity index (χ2v) is 5.45. The molecule has 0 radical (unpaired) electrons. The average Bonchev–Trinajstić information content (AvgIpc) is 2.25. The minimum Gasteiger partial charge on any atom is -0.497 e. The molecule has 1 rings (SSSR count). The molecule has 0 bridgehead atoms. The summed E-state index contributed by atoms with van der Waals surface area (Å²) in [6.07, 6.45) is 2.52. The molecule has 2 nitrogen and oxygen atoms in total. The highest BCUT2D eigenvalue weighted by molar-refractivity contribution is 5.28. The van der Waals surface area contributed by atoms with Crippen LogP contribution in [0.1, 0.15) is 39.2 Å². The Morgan fingerprint density at radius 1 is 1.35 bits per heavy atom. The molecule has 0 saturated heterocycles. The zero-order valence-corrected chi connectivity index (χ0v) is 11.4. The van der Waals surface area contributed by atoms with E-state index < -0.39 is 5.60 Å². The van der Waals surface area contributed by atoms with Crippen molar-refractivity contribution in [1.29, 1.82) is 0 Å². The lowest BCUT2D eigenvalue weighted by atomic mass is 9.88. The molecule has 0 fully saturated rings. The van der Waals surface area contributed by atoms with Gasteiger partial charge in [-0.3, -0.25) is 0 Å². The van der Waals surface area contributed by atoms with Gasteiger partial charge in [0.2, 0.25) is 0 Å². The molecule has 0 spiro atoms. The lowest BCUT2D eigenvalue weighted by molar-refractivity contribution is 0.0302. The Balaban J connectivity index is 2.54. The van der Waals surface area contributed by atoms with Crippen molar-refractivity contribution in [2.45, 2.75) is 45.6 Å². The molecule has 0 aromatic heterocycles. The van der Waals surface area contributed by atoms with Crippen LogP contribution in [0.15, 0.2) is 24.3 Å². The quantitative estimate of drug-likeness (QED) is 0.820. The Morgan fingerprint density at radius 2 is 2.06 bits per heavy atom. The summed E-state index contributed by atoms with van der Waals surface area (Å²) in [6, 6.07) is 8.04. The van der Waals surface area contributed by atoms with Gasteiger partial charge in [-0.1, -0.05) is 26.0 Å². The number of hydrogen-bond donors (Lipinski definition) is 1. The van der Waals surface area contributed by atoms with Crippen LogP contribution in [-0.2, 0) is 6.42 Å². The van der Waals surface area contributed by atoms with Gasteiger partial charge in [-0.05, 0) is 49.8 Å². The van der Waals surface area contributed by atoms with Gasteiger partial charge in [0.1, 0.15) is 5.75 Å². The van der Waals surface area contributed by atoms with Crippen LogP contribution >= 0.6 is 0 Å². The van der Waals surface area contributed by atoms with Crippen LogP contribution in [0.5, 0.6) is 5.75 Å². The van der Waals surface area contributed by atoms with Crippen molar-refractivity contribution in [1.82, 2.24) is 0 Å². The second-order valence-electron chi connectivity index (χ2n) is 5.45. The topological polar surface area (TPSA) is 29.5 Å². The van der Waals surface area contributed by atoms with Crippen molar-refractivity contribution in [2.24, 2.45) is 5.92 Å². The fourth-order valence-electron chi connectivity index (χ4n) is 2.22. The summed E-state index contributed by atoms with van der Waals surface area (Å²) in [4.78, 5) is 0. The largest absolute Gasteiger partial charge is 0.497 e. The van der Waals surface area contributed by atoms with E-state index >= 15 is 0 Å². The normalized spacial score (nSPS) is 14.7. The van der Waals surface area contributed by atoms with E-state index in [4.69, 9.17) is 4.74 Å². The van der Waals surface area contributed by atoms with Gasteiger partial charge in [0.05, 0.1) is 12.7 Å². The van der Waals surface area contributed by atoms with Crippen LogP contribution in [-0.4, -0.2) is 17.8 Å². The minimum atomic E-state index is -0.572. The molecule has 1 aromatic rings. The lowest BCUT2D eigenvalue weighted by Crippen LogP contribution is -2.26. The van der Waals surface area contributed by atoms with E-state index in [1.165, 1.54) is 5.56 Å². The van der Waals surface area contributed by atoms with Gasteiger partial charge >= 0.3 is 0 Å². The molecule has 1 unspecified atom stereocenters. The van der Waals surface area contributed by atoms with Crippen molar-refractivity contribution in [3.05, 3.63) is 29.8 Å². The first-order chi connectivity index (χ1) is 7.93. The Morgan fingerprint density at radius 3 is 2.65 bits per heavy atom. The highest BCUT2D eigenvalue weighted by Gasteiger charge is 2.21. The van der Waals surface area contributed by atoms with Gasteiger partial charge in [0.15, 0.2) is 0 Å². The zero-order valence-electron chi connectivity index (χ0n) is 11.4. The Hall–Kier alpha value is -1.02. The maximum Gasteiger partial charge on any atom is 0.119 e. The van der Waals surface area contributed by atoms with Crippen LogP contribution in [0.25, 0.3) is 0 Å². The van der Waals surface area contributed by atoms with E-state index in [0.717, 1.165) is 25.0 Å². The van der Waals surface area contributed by atoms with Crippen LogP contribution in [0.2, 0.25) is 0 Å². The van der Waals surface area contributed by atoms with Crippen molar-refractivity contribution >= 4 is 0 Å². The first-order valence-electron chi connectivity index (χ1n) is 6.28.